The van der Waals surface area contributed by atoms with Gasteiger partial charge in [-0.05, 0) is 38.8 Å². The maximum atomic E-state index is 4.94. The molecule has 0 spiro atoms. The van der Waals surface area contributed by atoms with Crippen molar-refractivity contribution in [1.82, 2.24) is 15.2 Å². The van der Waals surface area contributed by atoms with Crippen LogP contribution < -0.4 is 5.32 Å². The molecule has 2 aliphatic rings. The molecule has 2 saturated carbocycles. The van der Waals surface area contributed by atoms with E-state index < -0.39 is 0 Å². The number of rotatable bonds is 8. The maximum Gasteiger partial charge on any atom is 0.107 e. The van der Waals surface area contributed by atoms with Gasteiger partial charge < -0.3 is 5.32 Å². The largest absolute Gasteiger partial charge is 0.309 e. The van der Waals surface area contributed by atoms with Crippen LogP contribution in [0.2, 0.25) is 0 Å². The second-order valence-electron chi connectivity index (χ2n) is 5.81. The molecule has 0 amide bonds. The Kier molecular flexibility index (Phi) is 4.20. The topological polar surface area (TPSA) is 28.2 Å². The molecule has 2 aliphatic carbocycles. The summed E-state index contributed by atoms with van der Waals surface area (Å²) in [6.45, 7) is 8.77. The molecule has 0 aromatic carbocycles. The maximum absolute atomic E-state index is 4.94. The van der Waals surface area contributed by atoms with Crippen LogP contribution in [-0.4, -0.2) is 29.0 Å². The fourth-order valence-corrected chi connectivity index (χ4v) is 3.59. The second-order valence-corrected chi connectivity index (χ2v) is 6.98. The first-order valence-electron chi connectivity index (χ1n) is 7.74. The van der Waals surface area contributed by atoms with E-state index in [1.54, 1.807) is 0 Å². The van der Waals surface area contributed by atoms with Gasteiger partial charge in [-0.25, -0.2) is 4.98 Å². The van der Waals surface area contributed by atoms with E-state index in [9.17, 15) is 0 Å². The van der Waals surface area contributed by atoms with Crippen LogP contribution in [0.5, 0.6) is 0 Å². The van der Waals surface area contributed by atoms with Crippen molar-refractivity contribution in [2.24, 2.45) is 0 Å². The summed E-state index contributed by atoms with van der Waals surface area (Å²) in [6, 6.07) is 0.792. The minimum atomic E-state index is 0.776. The predicted molar refractivity (Wildman–Crippen MR) is 80.6 cm³/mol. The van der Waals surface area contributed by atoms with E-state index in [0.29, 0.717) is 0 Å². The van der Waals surface area contributed by atoms with Crippen molar-refractivity contribution in [2.45, 2.75) is 64.6 Å². The van der Waals surface area contributed by atoms with Crippen LogP contribution in [0.3, 0.4) is 0 Å². The van der Waals surface area contributed by atoms with Gasteiger partial charge >= 0.3 is 0 Å². The fourth-order valence-electron chi connectivity index (χ4n) is 2.45. The Morgan fingerprint density at radius 1 is 1.21 bits per heavy atom. The van der Waals surface area contributed by atoms with Crippen LogP contribution >= 0.6 is 11.3 Å². The Balaban J connectivity index is 1.67. The highest BCUT2D eigenvalue weighted by molar-refractivity contribution is 7.11. The molecule has 2 fully saturated rings. The molecule has 1 aromatic heterocycles. The monoisotopic (exact) mass is 279 g/mol. The van der Waals surface area contributed by atoms with Gasteiger partial charge in [0.15, 0.2) is 0 Å². The van der Waals surface area contributed by atoms with Crippen molar-refractivity contribution in [2.75, 3.05) is 13.1 Å². The molecule has 4 heteroatoms. The molecule has 0 radical (unpaired) electrons. The summed E-state index contributed by atoms with van der Waals surface area (Å²) in [7, 11) is 0. The molecule has 0 atom stereocenters. The van der Waals surface area contributed by atoms with E-state index in [0.717, 1.165) is 38.1 Å². The average Bonchev–Trinajstić information content (AvgIpc) is 3.32. The highest BCUT2D eigenvalue weighted by atomic mass is 32.1. The molecule has 0 bridgehead atoms. The second kappa shape index (κ2) is 5.90. The normalized spacial score (nSPS) is 19.3. The third-order valence-corrected chi connectivity index (χ3v) is 5.17. The Labute approximate surface area is 120 Å². The summed E-state index contributed by atoms with van der Waals surface area (Å²) in [5, 5.41) is 4.97. The smallest absolute Gasteiger partial charge is 0.107 e. The SMILES string of the molecule is CCN(CC)Cc1nc(C2CC2)c(CNC2CC2)s1. The van der Waals surface area contributed by atoms with Crippen molar-refractivity contribution in [3.05, 3.63) is 15.6 Å². The molecule has 1 N–H and O–H groups in total. The number of hydrogen-bond donors (Lipinski definition) is 1. The summed E-state index contributed by atoms with van der Waals surface area (Å²) in [5.41, 5.74) is 1.42. The van der Waals surface area contributed by atoms with Gasteiger partial charge in [0.2, 0.25) is 0 Å². The van der Waals surface area contributed by atoms with Gasteiger partial charge in [0.1, 0.15) is 5.01 Å². The third-order valence-electron chi connectivity index (χ3n) is 4.12. The van der Waals surface area contributed by atoms with E-state index in [2.05, 4.69) is 24.1 Å². The number of nitrogens with zero attached hydrogens (tertiary/aromatic N) is 2. The van der Waals surface area contributed by atoms with Crippen LogP contribution in [0.1, 0.15) is 61.0 Å². The van der Waals surface area contributed by atoms with E-state index in [1.807, 2.05) is 11.3 Å². The molecule has 1 aromatic rings. The summed E-state index contributed by atoms with van der Waals surface area (Å²) < 4.78 is 0. The van der Waals surface area contributed by atoms with Gasteiger partial charge in [-0.3, -0.25) is 4.90 Å². The summed E-state index contributed by atoms with van der Waals surface area (Å²) in [5.74, 6) is 0.776. The number of nitrogens with one attached hydrogen (secondary N) is 1. The highest BCUT2D eigenvalue weighted by Gasteiger charge is 2.30. The Morgan fingerprint density at radius 2 is 1.95 bits per heavy atom. The fraction of sp³-hybridized carbons (Fsp3) is 0.800. The number of aromatic nitrogens is 1. The van der Waals surface area contributed by atoms with Gasteiger partial charge in [-0.2, -0.15) is 0 Å². The van der Waals surface area contributed by atoms with Gasteiger partial charge in [-0.15, -0.1) is 11.3 Å². The lowest BCUT2D eigenvalue weighted by Gasteiger charge is -2.15. The Hall–Kier alpha value is -0.450. The van der Waals surface area contributed by atoms with Crippen LogP contribution in [-0.2, 0) is 13.1 Å². The van der Waals surface area contributed by atoms with E-state index in [1.165, 1.54) is 41.3 Å². The van der Waals surface area contributed by atoms with Crippen LogP contribution in [0, 0.1) is 0 Å². The number of thiazole rings is 1. The van der Waals surface area contributed by atoms with Gasteiger partial charge in [0.05, 0.1) is 12.2 Å². The first-order valence-corrected chi connectivity index (χ1v) is 8.56. The summed E-state index contributed by atoms with van der Waals surface area (Å²) in [6.07, 6.45) is 5.43. The lowest BCUT2D eigenvalue weighted by molar-refractivity contribution is 0.295. The predicted octanol–water partition coefficient (Wildman–Crippen LogP) is 3.11. The van der Waals surface area contributed by atoms with Gasteiger partial charge in [0.25, 0.3) is 0 Å². The number of hydrogen-bond acceptors (Lipinski definition) is 4. The van der Waals surface area contributed by atoms with Crippen LogP contribution in [0.25, 0.3) is 0 Å². The van der Waals surface area contributed by atoms with Gasteiger partial charge in [-0.1, -0.05) is 13.8 Å². The van der Waals surface area contributed by atoms with Crippen molar-refractivity contribution < 1.29 is 0 Å². The van der Waals surface area contributed by atoms with E-state index >= 15 is 0 Å². The molecular weight excluding hydrogens is 254 g/mol. The van der Waals surface area contributed by atoms with Crippen LogP contribution in [0.4, 0.5) is 0 Å². The van der Waals surface area contributed by atoms with E-state index in [4.69, 9.17) is 4.98 Å². The minimum Gasteiger partial charge on any atom is -0.309 e. The first-order chi connectivity index (χ1) is 9.30. The molecule has 0 unspecified atom stereocenters. The molecular formula is C15H25N3S. The first kappa shape index (κ1) is 13.5. The highest BCUT2D eigenvalue weighted by Crippen LogP contribution is 2.43. The molecule has 0 saturated heterocycles. The summed E-state index contributed by atoms with van der Waals surface area (Å²) >= 11 is 1.94. The van der Waals surface area contributed by atoms with E-state index in [-0.39, 0.29) is 0 Å². The third kappa shape index (κ3) is 3.56. The minimum absolute atomic E-state index is 0.776. The molecule has 3 nitrogen and oxygen atoms in total. The van der Waals surface area contributed by atoms with Crippen LogP contribution in [0.15, 0.2) is 0 Å². The molecule has 0 aliphatic heterocycles. The molecule has 3 rings (SSSR count). The van der Waals surface area contributed by atoms with Crippen molar-refractivity contribution in [1.29, 1.82) is 0 Å². The molecule has 19 heavy (non-hydrogen) atoms. The zero-order valence-corrected chi connectivity index (χ0v) is 12.9. The zero-order chi connectivity index (χ0) is 13.2. The van der Waals surface area contributed by atoms with Crippen molar-refractivity contribution in [3.63, 3.8) is 0 Å². The Morgan fingerprint density at radius 3 is 2.53 bits per heavy atom. The lowest BCUT2D eigenvalue weighted by atomic mass is 10.2. The quantitative estimate of drug-likeness (QED) is 0.792. The average molecular weight is 279 g/mol. The summed E-state index contributed by atoms with van der Waals surface area (Å²) in [4.78, 5) is 8.91. The Bertz CT molecular complexity index is 417. The lowest BCUT2D eigenvalue weighted by Crippen LogP contribution is -2.21. The molecule has 106 valence electrons. The standard InChI is InChI=1S/C15H25N3S/c1-3-18(4-2)10-14-17-15(11-5-6-11)13(19-14)9-16-12-7-8-12/h11-12,16H,3-10H2,1-2H3. The van der Waals surface area contributed by atoms with Gasteiger partial charge in [0, 0.05) is 23.4 Å². The molecule has 1 heterocycles. The van der Waals surface area contributed by atoms with Crippen molar-refractivity contribution >= 4 is 11.3 Å². The zero-order valence-electron chi connectivity index (χ0n) is 12.1. The van der Waals surface area contributed by atoms with Crippen molar-refractivity contribution in [3.8, 4) is 0 Å².